The number of carboxylic acid groups (broad SMARTS) is 1. The minimum atomic E-state index is -2.38. The van der Waals surface area contributed by atoms with Crippen molar-refractivity contribution in [1.82, 2.24) is 0 Å². The van der Waals surface area contributed by atoms with E-state index in [4.69, 9.17) is 15.3 Å². The fourth-order valence-corrected chi connectivity index (χ4v) is 0.314. The van der Waals surface area contributed by atoms with Crippen LogP contribution in [0, 0.1) is 0 Å². The molecule has 0 radical (unpaired) electrons. The first kappa shape index (κ1) is 14.5. The molecule has 0 heterocycles. The van der Waals surface area contributed by atoms with E-state index in [1.807, 2.05) is 0 Å². The van der Waals surface area contributed by atoms with Crippen LogP contribution in [0.1, 0.15) is 6.92 Å². The number of aliphatic carboxylic acids is 1. The fourth-order valence-electron chi connectivity index (χ4n) is 0.314. The molecule has 0 amide bonds. The smallest absolute Gasteiger partial charge is 0.547 e. The summed E-state index contributed by atoms with van der Waals surface area (Å²) in [5.41, 5.74) is -2.38. The molecule has 0 aromatic carbocycles. The third kappa shape index (κ3) is 3.95. The molecular formula is C5H9KO5. The van der Waals surface area contributed by atoms with Gasteiger partial charge in [-0.2, -0.15) is 0 Å². The Morgan fingerprint density at radius 2 is 2.09 bits per heavy atom. The Morgan fingerprint density at radius 1 is 1.73 bits per heavy atom. The molecule has 5 nitrogen and oxygen atoms in total. The zero-order valence-corrected chi connectivity index (χ0v) is 9.57. The number of rotatable bonds is 3. The zero-order chi connectivity index (χ0) is 8.36. The second-order valence-electron chi connectivity index (χ2n) is 2.13. The second-order valence-corrected chi connectivity index (χ2v) is 2.13. The molecule has 0 aliphatic rings. The van der Waals surface area contributed by atoms with E-state index in [1.54, 1.807) is 0 Å². The summed E-state index contributed by atoms with van der Waals surface area (Å²) in [7, 11) is 0. The van der Waals surface area contributed by atoms with Crippen molar-refractivity contribution in [3.8, 4) is 0 Å². The number of carboxylic acids is 1. The number of aliphatic hydroxyl groups is 3. The summed E-state index contributed by atoms with van der Waals surface area (Å²) in [5.74, 6) is -1.81. The van der Waals surface area contributed by atoms with Crippen LogP contribution < -0.4 is 56.5 Å². The number of carbonyl (C=O) groups is 1. The molecule has 0 rings (SSSR count). The Kier molecular flexibility index (Phi) is 7.39. The Balaban J connectivity index is 0. The third-order valence-corrected chi connectivity index (χ3v) is 1.24. The van der Waals surface area contributed by atoms with Gasteiger partial charge < -0.3 is 25.2 Å². The summed E-state index contributed by atoms with van der Waals surface area (Å²) < 4.78 is 0. The predicted molar refractivity (Wildman–Crippen MR) is 28.7 cm³/mol. The predicted octanol–water partition coefficient (Wildman–Crippen LogP) is -6.16. The standard InChI is InChI=1S/C5H10O5.K/c1-5(10,4(8)9)3(7)2-6;/h3,6-7,10H,2H2,1H3,(H,8,9);/q;+1/p-1/t3?,5-;/m0./s1. The first-order chi connectivity index (χ1) is 4.42. The van der Waals surface area contributed by atoms with Gasteiger partial charge in [-0.15, -0.1) is 0 Å². The molecule has 0 aromatic heterocycles. The van der Waals surface area contributed by atoms with Gasteiger partial charge >= 0.3 is 51.4 Å². The molecule has 1 unspecified atom stereocenters. The summed E-state index contributed by atoms with van der Waals surface area (Å²) in [6, 6.07) is 0. The van der Waals surface area contributed by atoms with Crippen LogP contribution in [0.2, 0.25) is 0 Å². The van der Waals surface area contributed by atoms with E-state index >= 15 is 0 Å². The van der Waals surface area contributed by atoms with Gasteiger partial charge in [0, 0.05) is 0 Å². The van der Waals surface area contributed by atoms with Crippen LogP contribution in [0.3, 0.4) is 0 Å². The van der Waals surface area contributed by atoms with Crippen molar-refractivity contribution in [1.29, 1.82) is 0 Å². The van der Waals surface area contributed by atoms with E-state index in [0.717, 1.165) is 6.92 Å². The van der Waals surface area contributed by atoms with Gasteiger partial charge in [-0.05, 0) is 6.92 Å². The molecule has 11 heavy (non-hydrogen) atoms. The fraction of sp³-hybridized carbons (Fsp3) is 0.800. The maximum Gasteiger partial charge on any atom is 1.00 e. The average Bonchev–Trinajstić information content (AvgIpc) is 1.86. The molecule has 60 valence electrons. The summed E-state index contributed by atoms with van der Waals surface area (Å²) in [4.78, 5) is 9.99. The van der Waals surface area contributed by atoms with E-state index in [9.17, 15) is 9.90 Å². The molecule has 0 spiro atoms. The molecule has 2 atom stereocenters. The quantitative estimate of drug-likeness (QED) is 0.383. The summed E-state index contributed by atoms with van der Waals surface area (Å²) in [6.07, 6.45) is -1.71. The summed E-state index contributed by atoms with van der Waals surface area (Å²) in [5, 5.41) is 35.6. The summed E-state index contributed by atoms with van der Waals surface area (Å²) >= 11 is 0. The Labute approximate surface area is 106 Å². The number of hydrogen-bond acceptors (Lipinski definition) is 5. The van der Waals surface area contributed by atoms with Gasteiger partial charge in [0.25, 0.3) is 0 Å². The molecule has 0 saturated heterocycles. The molecule has 3 N–H and O–H groups in total. The van der Waals surface area contributed by atoms with Gasteiger partial charge in [-0.25, -0.2) is 0 Å². The minimum absolute atomic E-state index is 0. The van der Waals surface area contributed by atoms with Crippen LogP contribution in [-0.4, -0.2) is 39.6 Å². The van der Waals surface area contributed by atoms with Crippen molar-refractivity contribution < 1.29 is 76.6 Å². The average molecular weight is 188 g/mol. The molecule has 0 saturated carbocycles. The van der Waals surface area contributed by atoms with Crippen LogP contribution in [-0.2, 0) is 4.79 Å². The topological polar surface area (TPSA) is 101 Å². The van der Waals surface area contributed by atoms with Gasteiger partial charge in [0.15, 0.2) is 0 Å². The maximum absolute atomic E-state index is 9.99. The molecule has 0 aromatic rings. The first-order valence-electron chi connectivity index (χ1n) is 2.65. The van der Waals surface area contributed by atoms with E-state index in [-0.39, 0.29) is 51.4 Å². The normalized spacial score (nSPS) is 17.8. The Hall–Kier alpha value is 0.986. The second kappa shape index (κ2) is 5.60. The van der Waals surface area contributed by atoms with Crippen molar-refractivity contribution in [3.63, 3.8) is 0 Å². The van der Waals surface area contributed by atoms with Gasteiger partial charge in [0.05, 0.1) is 12.6 Å². The molecule has 0 aliphatic heterocycles. The SMILES string of the molecule is C[C@@](O)(C(=O)[O-])C(O)CO.[K+]. The van der Waals surface area contributed by atoms with Gasteiger partial charge in [0.1, 0.15) is 11.7 Å². The van der Waals surface area contributed by atoms with Crippen molar-refractivity contribution in [2.24, 2.45) is 0 Å². The van der Waals surface area contributed by atoms with Crippen LogP contribution in [0.4, 0.5) is 0 Å². The van der Waals surface area contributed by atoms with E-state index in [0.29, 0.717) is 0 Å². The molecule has 0 bridgehead atoms. The van der Waals surface area contributed by atoms with Crippen molar-refractivity contribution in [2.75, 3.05) is 6.61 Å². The van der Waals surface area contributed by atoms with Gasteiger partial charge in [0.2, 0.25) is 0 Å². The van der Waals surface area contributed by atoms with Gasteiger partial charge in [-0.3, -0.25) is 0 Å². The Morgan fingerprint density at radius 3 is 2.18 bits per heavy atom. The van der Waals surface area contributed by atoms with Crippen molar-refractivity contribution in [2.45, 2.75) is 18.6 Å². The first-order valence-corrected chi connectivity index (χ1v) is 2.65. The molecule has 0 fully saturated rings. The van der Waals surface area contributed by atoms with E-state index < -0.39 is 24.3 Å². The monoisotopic (exact) mass is 188 g/mol. The molecule has 6 heteroatoms. The van der Waals surface area contributed by atoms with E-state index in [2.05, 4.69) is 0 Å². The maximum atomic E-state index is 9.99. The largest absolute Gasteiger partial charge is 1.00 e. The number of aliphatic hydroxyl groups excluding tert-OH is 2. The minimum Gasteiger partial charge on any atom is -0.547 e. The van der Waals surface area contributed by atoms with Crippen LogP contribution in [0.25, 0.3) is 0 Å². The van der Waals surface area contributed by atoms with Crippen LogP contribution >= 0.6 is 0 Å². The van der Waals surface area contributed by atoms with E-state index in [1.165, 1.54) is 0 Å². The Bertz CT molecular complexity index is 135. The molecular weight excluding hydrogens is 179 g/mol. The van der Waals surface area contributed by atoms with Gasteiger partial charge in [-0.1, -0.05) is 0 Å². The third-order valence-electron chi connectivity index (χ3n) is 1.24. The van der Waals surface area contributed by atoms with Crippen LogP contribution in [0.5, 0.6) is 0 Å². The molecule has 0 aliphatic carbocycles. The zero-order valence-electron chi connectivity index (χ0n) is 6.44. The summed E-state index contributed by atoms with van der Waals surface area (Å²) in [6.45, 7) is 0.0319. The number of hydrogen-bond donors (Lipinski definition) is 3. The van der Waals surface area contributed by atoms with Crippen LogP contribution in [0.15, 0.2) is 0 Å². The number of carbonyl (C=O) groups excluding carboxylic acids is 1. The van der Waals surface area contributed by atoms with Crippen molar-refractivity contribution >= 4 is 5.97 Å². The van der Waals surface area contributed by atoms with Crippen molar-refractivity contribution in [3.05, 3.63) is 0 Å².